The minimum absolute atomic E-state index is 0.0176. The first-order chi connectivity index (χ1) is 9.67. The lowest BCUT2D eigenvalue weighted by Crippen LogP contribution is -2.51. The zero-order valence-corrected chi connectivity index (χ0v) is 14.2. The lowest BCUT2D eigenvalue weighted by Gasteiger charge is -2.52. The van der Waals surface area contributed by atoms with Crippen LogP contribution in [-0.4, -0.2) is 27.1 Å². The van der Waals surface area contributed by atoms with Crippen LogP contribution in [0, 0.1) is 17.3 Å². The maximum atomic E-state index is 11.5. The number of hydrogen-bond acceptors (Lipinski definition) is 4. The molecular weight excluding hydrogens is 288 g/mol. The summed E-state index contributed by atoms with van der Waals surface area (Å²) in [6.07, 6.45) is 6.01. The second-order valence-electron chi connectivity index (χ2n) is 7.09. The molecule has 2 aliphatic rings. The van der Waals surface area contributed by atoms with Gasteiger partial charge >= 0.3 is 0 Å². The summed E-state index contributed by atoms with van der Waals surface area (Å²) in [7, 11) is -3.47. The third-order valence-corrected chi connectivity index (χ3v) is 6.05. The van der Waals surface area contributed by atoms with Gasteiger partial charge in [0.25, 0.3) is 10.1 Å². The van der Waals surface area contributed by atoms with Gasteiger partial charge in [-0.3, -0.25) is 4.18 Å². The molecule has 0 spiro atoms. The van der Waals surface area contributed by atoms with Crippen LogP contribution >= 0.6 is 0 Å². The van der Waals surface area contributed by atoms with Crippen molar-refractivity contribution in [3.63, 3.8) is 0 Å². The zero-order chi connectivity index (χ0) is 15.8. The van der Waals surface area contributed by atoms with Crippen molar-refractivity contribution in [1.82, 2.24) is 0 Å². The highest BCUT2D eigenvalue weighted by molar-refractivity contribution is 7.86. The zero-order valence-electron chi connectivity index (χ0n) is 13.4. The molecule has 4 atom stereocenters. The summed E-state index contributed by atoms with van der Waals surface area (Å²) in [6, 6.07) is 0. The van der Waals surface area contributed by atoms with Gasteiger partial charge in [-0.2, -0.15) is 8.42 Å². The first-order valence-electron chi connectivity index (χ1n) is 7.66. The molecule has 21 heavy (non-hydrogen) atoms. The lowest BCUT2D eigenvalue weighted by atomic mass is 9.54. The summed E-state index contributed by atoms with van der Waals surface area (Å²) in [4.78, 5) is 11.5. The topological polar surface area (TPSA) is 60.4 Å². The number of fused-ring (bicyclic) bond motifs is 1. The molecule has 0 aliphatic heterocycles. The van der Waals surface area contributed by atoms with E-state index in [9.17, 15) is 13.2 Å². The summed E-state index contributed by atoms with van der Waals surface area (Å²) in [5.41, 5.74) is 2.52. The maximum Gasteiger partial charge on any atom is 0.264 e. The van der Waals surface area contributed by atoms with Crippen LogP contribution in [0.15, 0.2) is 11.1 Å². The Kier molecular flexibility index (Phi) is 4.64. The van der Waals surface area contributed by atoms with Crippen LogP contribution in [-0.2, 0) is 19.1 Å². The fraction of sp³-hybridized carbons (Fsp3) is 0.812. The maximum absolute atomic E-state index is 11.5. The molecule has 0 aromatic rings. The summed E-state index contributed by atoms with van der Waals surface area (Å²) in [5.74, 6) is 0.207. The number of hydrogen-bond donors (Lipinski definition) is 0. The Morgan fingerprint density at radius 2 is 2.00 bits per heavy atom. The minimum atomic E-state index is -3.47. The Balaban J connectivity index is 2.33. The molecule has 0 bridgehead atoms. The van der Waals surface area contributed by atoms with Crippen LogP contribution in [0.5, 0.6) is 0 Å². The van der Waals surface area contributed by atoms with E-state index in [2.05, 4.69) is 20.8 Å². The van der Waals surface area contributed by atoms with E-state index in [1.807, 2.05) is 0 Å². The molecule has 2 fully saturated rings. The van der Waals surface area contributed by atoms with Gasteiger partial charge in [-0.05, 0) is 57.3 Å². The fourth-order valence-electron chi connectivity index (χ4n) is 4.11. The molecular formula is C16H26O4S. The van der Waals surface area contributed by atoms with Crippen LogP contribution in [0.3, 0.4) is 0 Å². The number of aldehydes is 1. The summed E-state index contributed by atoms with van der Waals surface area (Å²) in [6.45, 7) is 6.33. The molecule has 0 aromatic heterocycles. The van der Waals surface area contributed by atoms with Gasteiger partial charge in [-0.1, -0.05) is 18.1 Å². The second kappa shape index (κ2) is 5.84. The van der Waals surface area contributed by atoms with E-state index in [0.717, 1.165) is 38.2 Å². The van der Waals surface area contributed by atoms with Crippen LogP contribution in [0.4, 0.5) is 0 Å². The van der Waals surface area contributed by atoms with Crippen molar-refractivity contribution in [3.8, 4) is 0 Å². The van der Waals surface area contributed by atoms with E-state index in [-0.39, 0.29) is 23.4 Å². The van der Waals surface area contributed by atoms with Gasteiger partial charge in [0.15, 0.2) is 0 Å². The Morgan fingerprint density at radius 1 is 1.33 bits per heavy atom. The van der Waals surface area contributed by atoms with E-state index < -0.39 is 10.1 Å². The standard InChI is InChI=1S/C16H26O4S/c1-11(2)12-7-8-16(3)14(9-12)13(10-17)5-6-15(16)20-21(4,18)19/h10,13-15H,5-9H2,1-4H3/t13?,14-,15+,16+/m0/s1. The monoisotopic (exact) mass is 314 g/mol. The highest BCUT2D eigenvalue weighted by atomic mass is 32.2. The average Bonchev–Trinajstić information content (AvgIpc) is 2.37. The summed E-state index contributed by atoms with van der Waals surface area (Å²) < 4.78 is 28.5. The van der Waals surface area contributed by atoms with Crippen molar-refractivity contribution in [2.45, 2.75) is 59.0 Å². The average molecular weight is 314 g/mol. The number of allylic oxidation sites excluding steroid dienone is 2. The molecule has 0 radical (unpaired) electrons. The van der Waals surface area contributed by atoms with Crippen molar-refractivity contribution in [3.05, 3.63) is 11.1 Å². The van der Waals surface area contributed by atoms with Gasteiger partial charge in [0.2, 0.25) is 0 Å². The molecule has 2 rings (SSSR count). The highest BCUT2D eigenvalue weighted by Gasteiger charge is 2.51. The molecule has 1 unspecified atom stereocenters. The van der Waals surface area contributed by atoms with Crippen LogP contribution in [0.25, 0.3) is 0 Å². The van der Waals surface area contributed by atoms with Gasteiger partial charge in [0.1, 0.15) is 6.29 Å². The van der Waals surface area contributed by atoms with Gasteiger partial charge in [0.05, 0.1) is 12.4 Å². The van der Waals surface area contributed by atoms with Crippen LogP contribution < -0.4 is 0 Å². The van der Waals surface area contributed by atoms with E-state index in [1.165, 1.54) is 11.1 Å². The molecule has 0 aromatic carbocycles. The number of rotatable bonds is 3. The molecule has 4 nitrogen and oxygen atoms in total. The smallest absolute Gasteiger partial charge is 0.264 e. The third kappa shape index (κ3) is 3.39. The van der Waals surface area contributed by atoms with Crippen LogP contribution in [0.2, 0.25) is 0 Å². The number of carbonyl (C=O) groups is 1. The normalized spacial score (nSPS) is 37.0. The SMILES string of the molecule is CC(C)=C1CC[C@@]2(C)[C@H](OS(C)(=O)=O)CCC(C=O)[C@@H]2C1. The minimum Gasteiger partial charge on any atom is -0.303 e. The van der Waals surface area contributed by atoms with E-state index in [4.69, 9.17) is 4.18 Å². The van der Waals surface area contributed by atoms with Gasteiger partial charge in [-0.25, -0.2) is 0 Å². The second-order valence-corrected chi connectivity index (χ2v) is 8.69. The highest BCUT2D eigenvalue weighted by Crippen LogP contribution is 2.55. The molecule has 0 amide bonds. The molecule has 0 heterocycles. The third-order valence-electron chi connectivity index (χ3n) is 5.47. The van der Waals surface area contributed by atoms with Crippen molar-refractivity contribution in [2.24, 2.45) is 17.3 Å². The van der Waals surface area contributed by atoms with E-state index in [1.54, 1.807) is 0 Å². The van der Waals surface area contributed by atoms with Crippen molar-refractivity contribution in [2.75, 3.05) is 6.26 Å². The lowest BCUT2D eigenvalue weighted by molar-refractivity contribution is -0.122. The Bertz CT molecular complexity index is 545. The Hall–Kier alpha value is -0.680. The summed E-state index contributed by atoms with van der Waals surface area (Å²) >= 11 is 0. The Morgan fingerprint density at radius 3 is 2.52 bits per heavy atom. The predicted molar refractivity (Wildman–Crippen MR) is 82.3 cm³/mol. The quantitative estimate of drug-likeness (QED) is 0.456. The predicted octanol–water partition coefficient (Wildman–Crippen LogP) is 3.08. The van der Waals surface area contributed by atoms with E-state index >= 15 is 0 Å². The van der Waals surface area contributed by atoms with Crippen LogP contribution in [0.1, 0.15) is 52.9 Å². The van der Waals surface area contributed by atoms with Gasteiger partial charge in [0, 0.05) is 5.92 Å². The Labute approximate surface area is 128 Å². The first-order valence-corrected chi connectivity index (χ1v) is 9.48. The fourth-order valence-corrected chi connectivity index (χ4v) is 4.85. The first kappa shape index (κ1) is 16.7. The molecule has 5 heteroatoms. The summed E-state index contributed by atoms with van der Waals surface area (Å²) in [5, 5.41) is 0. The largest absolute Gasteiger partial charge is 0.303 e. The van der Waals surface area contributed by atoms with Crippen molar-refractivity contribution < 1.29 is 17.4 Å². The number of carbonyl (C=O) groups excluding carboxylic acids is 1. The molecule has 120 valence electrons. The molecule has 0 saturated heterocycles. The van der Waals surface area contributed by atoms with Gasteiger partial charge in [-0.15, -0.1) is 0 Å². The van der Waals surface area contributed by atoms with Crippen molar-refractivity contribution >= 4 is 16.4 Å². The van der Waals surface area contributed by atoms with Crippen molar-refractivity contribution in [1.29, 1.82) is 0 Å². The molecule has 0 N–H and O–H groups in total. The van der Waals surface area contributed by atoms with Gasteiger partial charge < -0.3 is 4.79 Å². The molecule has 2 saturated carbocycles. The molecule has 2 aliphatic carbocycles. The van der Waals surface area contributed by atoms with E-state index in [0.29, 0.717) is 6.42 Å².